The van der Waals surface area contributed by atoms with Crippen molar-refractivity contribution < 1.29 is 18.3 Å². The molecule has 1 fully saturated rings. The van der Waals surface area contributed by atoms with Gasteiger partial charge in [-0.05, 0) is 58.2 Å². The minimum Gasteiger partial charge on any atom is -0.466 e. The molecule has 1 aliphatic heterocycles. The molecular weight excluding hydrogens is 376 g/mol. The first-order chi connectivity index (χ1) is 13.9. The monoisotopic (exact) mass is 405 g/mol. The number of carbonyl (C=O) groups excluding carboxylic acids is 1. The van der Waals surface area contributed by atoms with Gasteiger partial charge in [-0.15, -0.1) is 0 Å². The zero-order valence-electron chi connectivity index (χ0n) is 17.4. The zero-order chi connectivity index (χ0) is 21.0. The first-order valence-corrected chi connectivity index (χ1v) is 10.2. The maximum atomic E-state index is 14.3. The lowest BCUT2D eigenvalue weighted by Crippen LogP contribution is -2.49. The highest BCUT2D eigenvalue weighted by molar-refractivity contribution is 5.77. The van der Waals surface area contributed by atoms with Gasteiger partial charge in [0.1, 0.15) is 11.6 Å². The molecule has 2 heterocycles. The number of aromatic nitrogens is 2. The van der Waals surface area contributed by atoms with E-state index >= 15 is 0 Å². The Morgan fingerprint density at radius 3 is 2.72 bits per heavy atom. The summed E-state index contributed by atoms with van der Waals surface area (Å²) >= 11 is 0. The smallest absolute Gasteiger partial charge is 0.313 e. The van der Waals surface area contributed by atoms with E-state index in [-0.39, 0.29) is 19.0 Å². The van der Waals surface area contributed by atoms with Gasteiger partial charge in [-0.3, -0.25) is 14.4 Å². The molecule has 0 N–H and O–H groups in total. The van der Waals surface area contributed by atoms with E-state index in [1.807, 2.05) is 24.7 Å². The van der Waals surface area contributed by atoms with Gasteiger partial charge in [0.25, 0.3) is 0 Å². The van der Waals surface area contributed by atoms with Crippen LogP contribution in [0.25, 0.3) is 0 Å². The summed E-state index contributed by atoms with van der Waals surface area (Å²) < 4.78 is 35.0. The van der Waals surface area contributed by atoms with Gasteiger partial charge in [-0.2, -0.15) is 5.10 Å². The number of nitrogens with zero attached hydrogens (tertiary/aromatic N) is 3. The molecule has 0 spiro atoms. The Balaban J connectivity index is 1.85. The van der Waals surface area contributed by atoms with Crippen molar-refractivity contribution in [3.8, 4) is 0 Å². The Morgan fingerprint density at radius 1 is 1.28 bits per heavy atom. The molecule has 3 rings (SSSR count). The Bertz CT molecular complexity index is 868. The standard InChI is InChI=1S/C22H29F2N3O2/c1-4-27-14-18(16(3)25-27)13-26-10-6-9-22(15-26,21(28)29-5-2)12-17-7-8-19(23)11-20(17)24/h7-8,11,14H,4-6,9-10,12-13,15H2,1-3H3/t22-/m1/s1. The summed E-state index contributed by atoms with van der Waals surface area (Å²) in [6.45, 7) is 8.87. The van der Waals surface area contributed by atoms with E-state index < -0.39 is 17.0 Å². The molecule has 1 aliphatic rings. The third-order valence-electron chi connectivity index (χ3n) is 5.67. The molecule has 2 aromatic rings. The molecule has 158 valence electrons. The summed E-state index contributed by atoms with van der Waals surface area (Å²) in [7, 11) is 0. The van der Waals surface area contributed by atoms with E-state index in [2.05, 4.69) is 10.00 Å². The third-order valence-corrected chi connectivity index (χ3v) is 5.67. The van der Waals surface area contributed by atoms with Crippen molar-refractivity contribution in [2.75, 3.05) is 19.7 Å². The molecule has 0 amide bonds. The van der Waals surface area contributed by atoms with Gasteiger partial charge in [0.05, 0.1) is 17.7 Å². The van der Waals surface area contributed by atoms with Gasteiger partial charge in [-0.25, -0.2) is 8.78 Å². The molecular formula is C22H29F2N3O2. The average Bonchev–Trinajstić information content (AvgIpc) is 3.04. The van der Waals surface area contributed by atoms with Crippen LogP contribution in [0.5, 0.6) is 0 Å². The molecule has 1 aromatic carbocycles. The molecule has 1 aromatic heterocycles. The zero-order valence-corrected chi connectivity index (χ0v) is 17.4. The summed E-state index contributed by atoms with van der Waals surface area (Å²) in [5.74, 6) is -1.55. The van der Waals surface area contributed by atoms with Crippen LogP contribution in [-0.4, -0.2) is 40.3 Å². The fourth-order valence-corrected chi connectivity index (χ4v) is 4.18. The highest BCUT2D eigenvalue weighted by Gasteiger charge is 2.44. The van der Waals surface area contributed by atoms with Gasteiger partial charge < -0.3 is 4.74 Å². The molecule has 1 saturated heterocycles. The van der Waals surface area contributed by atoms with E-state index in [4.69, 9.17) is 4.74 Å². The summed E-state index contributed by atoms with van der Waals surface area (Å²) in [6.07, 6.45) is 3.66. The second-order valence-corrected chi connectivity index (χ2v) is 7.82. The average molecular weight is 405 g/mol. The van der Waals surface area contributed by atoms with Crippen molar-refractivity contribution in [2.24, 2.45) is 5.41 Å². The molecule has 0 unspecified atom stereocenters. The number of ether oxygens (including phenoxy) is 1. The lowest BCUT2D eigenvalue weighted by atomic mass is 9.74. The number of likely N-dealkylation sites (tertiary alicyclic amines) is 1. The molecule has 0 radical (unpaired) electrons. The molecule has 0 saturated carbocycles. The first-order valence-electron chi connectivity index (χ1n) is 10.2. The first kappa shape index (κ1) is 21.4. The van der Waals surface area contributed by atoms with Gasteiger partial charge in [0.2, 0.25) is 0 Å². The van der Waals surface area contributed by atoms with Gasteiger partial charge in [0.15, 0.2) is 0 Å². The van der Waals surface area contributed by atoms with Crippen molar-refractivity contribution in [2.45, 2.75) is 53.1 Å². The van der Waals surface area contributed by atoms with Crippen molar-refractivity contribution in [3.63, 3.8) is 0 Å². The van der Waals surface area contributed by atoms with Crippen LogP contribution in [0, 0.1) is 24.0 Å². The Morgan fingerprint density at radius 2 is 2.07 bits per heavy atom. The number of piperidine rings is 1. The van der Waals surface area contributed by atoms with Crippen molar-refractivity contribution >= 4 is 5.97 Å². The van der Waals surface area contributed by atoms with Crippen molar-refractivity contribution in [1.29, 1.82) is 0 Å². The van der Waals surface area contributed by atoms with E-state index in [0.717, 1.165) is 36.8 Å². The fraction of sp³-hybridized carbons (Fsp3) is 0.545. The number of carbonyl (C=O) groups is 1. The number of rotatable bonds is 7. The number of halogens is 2. The maximum absolute atomic E-state index is 14.3. The van der Waals surface area contributed by atoms with Crippen molar-refractivity contribution in [1.82, 2.24) is 14.7 Å². The predicted octanol–water partition coefficient (Wildman–Crippen LogP) is 3.88. The van der Waals surface area contributed by atoms with Crippen molar-refractivity contribution in [3.05, 3.63) is 52.9 Å². The van der Waals surface area contributed by atoms with Gasteiger partial charge in [-0.1, -0.05) is 6.07 Å². The normalized spacial score (nSPS) is 20.0. The van der Waals surface area contributed by atoms with Crippen LogP contribution in [-0.2, 0) is 29.0 Å². The third kappa shape index (κ3) is 4.83. The lowest BCUT2D eigenvalue weighted by Gasteiger charge is -2.41. The van der Waals surface area contributed by atoms with Crippen LogP contribution in [0.3, 0.4) is 0 Å². The summed E-state index contributed by atoms with van der Waals surface area (Å²) in [4.78, 5) is 15.2. The Kier molecular flexibility index (Phi) is 6.67. The number of hydrogen-bond donors (Lipinski definition) is 0. The highest BCUT2D eigenvalue weighted by Crippen LogP contribution is 2.36. The number of hydrogen-bond acceptors (Lipinski definition) is 4. The minimum absolute atomic E-state index is 0.196. The van der Waals surface area contributed by atoms with E-state index in [9.17, 15) is 13.6 Å². The maximum Gasteiger partial charge on any atom is 0.313 e. The minimum atomic E-state index is -0.846. The molecule has 0 aliphatic carbocycles. The molecule has 29 heavy (non-hydrogen) atoms. The Hall–Kier alpha value is -2.28. The number of benzene rings is 1. The topological polar surface area (TPSA) is 47.4 Å². The van der Waals surface area contributed by atoms with Crippen LogP contribution in [0.2, 0.25) is 0 Å². The Labute approximate surface area is 170 Å². The number of aryl methyl sites for hydroxylation is 2. The molecule has 0 bridgehead atoms. The van der Waals surface area contributed by atoms with E-state index in [1.54, 1.807) is 6.92 Å². The van der Waals surface area contributed by atoms with E-state index in [0.29, 0.717) is 25.1 Å². The lowest BCUT2D eigenvalue weighted by molar-refractivity contribution is -0.159. The fourth-order valence-electron chi connectivity index (χ4n) is 4.18. The highest BCUT2D eigenvalue weighted by atomic mass is 19.1. The quantitative estimate of drug-likeness (QED) is 0.656. The van der Waals surface area contributed by atoms with Crippen LogP contribution < -0.4 is 0 Å². The van der Waals surface area contributed by atoms with Gasteiger partial charge >= 0.3 is 5.97 Å². The van der Waals surface area contributed by atoms with Crippen LogP contribution in [0.4, 0.5) is 8.78 Å². The predicted molar refractivity (Wildman–Crippen MR) is 106 cm³/mol. The van der Waals surface area contributed by atoms with Gasteiger partial charge in [0, 0.05) is 37.5 Å². The summed E-state index contributed by atoms with van der Waals surface area (Å²) in [5.41, 5.74) is 1.60. The van der Waals surface area contributed by atoms with Crippen LogP contribution >= 0.6 is 0 Å². The summed E-state index contributed by atoms with van der Waals surface area (Å²) in [5, 5.41) is 4.50. The molecule has 7 heteroatoms. The SMILES string of the molecule is CCOC(=O)[C@@]1(Cc2ccc(F)cc2F)CCCN(Cc2cn(CC)nc2C)C1. The van der Waals surface area contributed by atoms with E-state index in [1.165, 1.54) is 12.1 Å². The molecule has 1 atom stereocenters. The largest absolute Gasteiger partial charge is 0.466 e. The summed E-state index contributed by atoms with van der Waals surface area (Å²) in [6, 6.07) is 3.54. The molecule has 5 nitrogen and oxygen atoms in total. The second-order valence-electron chi connectivity index (χ2n) is 7.82. The second kappa shape index (κ2) is 9.03. The van der Waals surface area contributed by atoms with Crippen LogP contribution in [0.15, 0.2) is 24.4 Å². The number of esters is 1. The van der Waals surface area contributed by atoms with Crippen LogP contribution in [0.1, 0.15) is 43.5 Å².